The normalized spacial score (nSPS) is 34.9. The summed E-state index contributed by atoms with van der Waals surface area (Å²) in [4.78, 5) is 2.77. The van der Waals surface area contributed by atoms with Crippen LogP contribution < -0.4 is 5.32 Å². The highest BCUT2D eigenvalue weighted by Crippen LogP contribution is 2.26. The molecule has 94 valence electrons. The minimum atomic E-state index is 0.746. The van der Waals surface area contributed by atoms with Gasteiger partial charge in [0.15, 0.2) is 0 Å². The van der Waals surface area contributed by atoms with Crippen LogP contribution in [0.25, 0.3) is 0 Å². The second-order valence-corrected chi connectivity index (χ2v) is 5.82. The average molecular weight is 224 g/mol. The van der Waals surface area contributed by atoms with Gasteiger partial charge in [-0.05, 0) is 51.7 Å². The van der Waals surface area contributed by atoms with Gasteiger partial charge in [-0.25, -0.2) is 0 Å². The Morgan fingerprint density at radius 3 is 2.31 bits per heavy atom. The zero-order valence-corrected chi connectivity index (χ0v) is 11.0. The molecule has 16 heavy (non-hydrogen) atoms. The number of nitrogens with zero attached hydrogens (tertiary/aromatic N) is 1. The molecular formula is C14H28N2. The Morgan fingerprint density at radius 1 is 0.938 bits per heavy atom. The summed E-state index contributed by atoms with van der Waals surface area (Å²) >= 11 is 0. The quantitative estimate of drug-likeness (QED) is 0.725. The molecule has 2 rings (SSSR count). The van der Waals surface area contributed by atoms with E-state index >= 15 is 0 Å². The topological polar surface area (TPSA) is 15.3 Å². The number of hydrogen-bond donors (Lipinski definition) is 1. The van der Waals surface area contributed by atoms with Crippen molar-refractivity contribution in [3.8, 4) is 0 Å². The third kappa shape index (κ3) is 2.98. The Labute approximate surface area is 101 Å². The van der Waals surface area contributed by atoms with Gasteiger partial charge >= 0.3 is 0 Å². The average Bonchev–Trinajstić information content (AvgIpc) is 2.55. The molecule has 0 aromatic carbocycles. The van der Waals surface area contributed by atoms with E-state index in [0.29, 0.717) is 0 Å². The fourth-order valence-corrected chi connectivity index (χ4v) is 3.42. The van der Waals surface area contributed by atoms with Crippen molar-refractivity contribution in [2.24, 2.45) is 5.92 Å². The van der Waals surface area contributed by atoms with Gasteiger partial charge in [-0.15, -0.1) is 0 Å². The summed E-state index contributed by atoms with van der Waals surface area (Å²) in [6, 6.07) is 1.57. The molecule has 2 nitrogen and oxygen atoms in total. The molecule has 1 N–H and O–H groups in total. The van der Waals surface area contributed by atoms with Crippen molar-refractivity contribution in [1.82, 2.24) is 10.2 Å². The lowest BCUT2D eigenvalue weighted by Gasteiger charge is -2.40. The van der Waals surface area contributed by atoms with Gasteiger partial charge < -0.3 is 5.32 Å². The molecule has 0 amide bonds. The van der Waals surface area contributed by atoms with Crippen molar-refractivity contribution in [1.29, 1.82) is 0 Å². The first-order valence-corrected chi connectivity index (χ1v) is 7.22. The molecule has 0 aromatic rings. The number of likely N-dealkylation sites (N-methyl/N-ethyl adjacent to an activating group) is 1. The minimum absolute atomic E-state index is 0.746. The second-order valence-electron chi connectivity index (χ2n) is 5.82. The SMILES string of the molecule is CNC1CCCCCC1N1CCC(C)CC1. The van der Waals surface area contributed by atoms with Crippen LogP contribution in [0.15, 0.2) is 0 Å². The maximum atomic E-state index is 3.56. The lowest BCUT2D eigenvalue weighted by atomic mass is 9.94. The van der Waals surface area contributed by atoms with E-state index in [-0.39, 0.29) is 0 Å². The van der Waals surface area contributed by atoms with Crippen molar-refractivity contribution in [2.45, 2.75) is 64.0 Å². The third-order valence-corrected chi connectivity index (χ3v) is 4.64. The van der Waals surface area contributed by atoms with E-state index in [1.54, 1.807) is 0 Å². The van der Waals surface area contributed by atoms with E-state index < -0.39 is 0 Å². The van der Waals surface area contributed by atoms with Crippen LogP contribution >= 0.6 is 0 Å². The molecule has 0 spiro atoms. The predicted molar refractivity (Wildman–Crippen MR) is 69.7 cm³/mol. The summed E-state index contributed by atoms with van der Waals surface area (Å²) in [6.07, 6.45) is 9.92. The lowest BCUT2D eigenvalue weighted by Crippen LogP contribution is -2.51. The van der Waals surface area contributed by atoms with Gasteiger partial charge in [-0.2, -0.15) is 0 Å². The van der Waals surface area contributed by atoms with E-state index in [0.717, 1.165) is 18.0 Å². The largest absolute Gasteiger partial charge is 0.315 e. The summed E-state index contributed by atoms with van der Waals surface area (Å²) in [6.45, 7) is 5.08. The number of nitrogens with one attached hydrogen (secondary N) is 1. The summed E-state index contributed by atoms with van der Waals surface area (Å²) in [7, 11) is 2.15. The Balaban J connectivity index is 1.93. The number of hydrogen-bond acceptors (Lipinski definition) is 2. The Hall–Kier alpha value is -0.0800. The zero-order chi connectivity index (χ0) is 11.4. The highest BCUT2D eigenvalue weighted by molar-refractivity contribution is 4.87. The van der Waals surface area contributed by atoms with E-state index in [9.17, 15) is 0 Å². The molecule has 2 fully saturated rings. The minimum Gasteiger partial charge on any atom is -0.315 e. The Kier molecular flexibility index (Phi) is 4.66. The van der Waals surface area contributed by atoms with Gasteiger partial charge in [0.1, 0.15) is 0 Å². The van der Waals surface area contributed by atoms with Crippen molar-refractivity contribution in [3.63, 3.8) is 0 Å². The standard InChI is InChI=1S/C14H28N2/c1-12-8-10-16(11-9-12)14-7-5-3-4-6-13(14)15-2/h12-15H,3-11H2,1-2H3. The van der Waals surface area contributed by atoms with Crippen LogP contribution in [0.1, 0.15) is 51.9 Å². The molecule has 0 radical (unpaired) electrons. The number of likely N-dealkylation sites (tertiary alicyclic amines) is 1. The third-order valence-electron chi connectivity index (χ3n) is 4.64. The smallest absolute Gasteiger partial charge is 0.0249 e. The van der Waals surface area contributed by atoms with Gasteiger partial charge in [0, 0.05) is 12.1 Å². The molecule has 1 saturated carbocycles. The van der Waals surface area contributed by atoms with Crippen molar-refractivity contribution in [2.75, 3.05) is 20.1 Å². The molecular weight excluding hydrogens is 196 g/mol. The van der Waals surface area contributed by atoms with Gasteiger partial charge in [0.25, 0.3) is 0 Å². The number of piperidine rings is 1. The predicted octanol–water partition coefficient (Wildman–Crippen LogP) is 2.64. The maximum absolute atomic E-state index is 3.56. The van der Waals surface area contributed by atoms with E-state index in [1.807, 2.05) is 0 Å². The summed E-state index contributed by atoms with van der Waals surface area (Å²) in [5.74, 6) is 0.954. The lowest BCUT2D eigenvalue weighted by molar-refractivity contribution is 0.107. The van der Waals surface area contributed by atoms with Crippen LogP contribution in [-0.2, 0) is 0 Å². The molecule has 0 aromatic heterocycles. The Morgan fingerprint density at radius 2 is 1.62 bits per heavy atom. The monoisotopic (exact) mass is 224 g/mol. The highest BCUT2D eigenvalue weighted by atomic mass is 15.2. The van der Waals surface area contributed by atoms with Crippen molar-refractivity contribution < 1.29 is 0 Å². The van der Waals surface area contributed by atoms with Crippen LogP contribution in [0, 0.1) is 5.92 Å². The van der Waals surface area contributed by atoms with Crippen LogP contribution in [0.2, 0.25) is 0 Å². The summed E-state index contributed by atoms with van der Waals surface area (Å²) < 4.78 is 0. The first-order valence-electron chi connectivity index (χ1n) is 7.22. The van der Waals surface area contributed by atoms with Crippen LogP contribution in [0.3, 0.4) is 0 Å². The van der Waals surface area contributed by atoms with Gasteiger partial charge in [-0.1, -0.05) is 26.2 Å². The molecule has 2 heteroatoms. The first-order chi connectivity index (χ1) is 7.81. The fourth-order valence-electron chi connectivity index (χ4n) is 3.42. The van der Waals surface area contributed by atoms with Crippen LogP contribution in [0.4, 0.5) is 0 Å². The van der Waals surface area contributed by atoms with Crippen molar-refractivity contribution in [3.05, 3.63) is 0 Å². The molecule has 2 aliphatic rings. The Bertz CT molecular complexity index is 197. The molecule has 2 unspecified atom stereocenters. The van der Waals surface area contributed by atoms with Gasteiger partial charge in [0.2, 0.25) is 0 Å². The molecule has 1 aliphatic carbocycles. The summed E-state index contributed by atoms with van der Waals surface area (Å²) in [5, 5.41) is 3.56. The van der Waals surface area contributed by atoms with E-state index in [2.05, 4.69) is 24.2 Å². The summed E-state index contributed by atoms with van der Waals surface area (Å²) in [5.41, 5.74) is 0. The maximum Gasteiger partial charge on any atom is 0.0249 e. The van der Waals surface area contributed by atoms with Gasteiger partial charge in [-0.3, -0.25) is 4.90 Å². The van der Waals surface area contributed by atoms with E-state index in [1.165, 1.54) is 58.0 Å². The number of rotatable bonds is 2. The van der Waals surface area contributed by atoms with Gasteiger partial charge in [0.05, 0.1) is 0 Å². The fraction of sp³-hybridized carbons (Fsp3) is 1.00. The van der Waals surface area contributed by atoms with E-state index in [4.69, 9.17) is 0 Å². The molecule has 1 heterocycles. The molecule has 1 saturated heterocycles. The van der Waals surface area contributed by atoms with Crippen LogP contribution in [-0.4, -0.2) is 37.1 Å². The first kappa shape index (κ1) is 12.4. The molecule has 1 aliphatic heterocycles. The zero-order valence-electron chi connectivity index (χ0n) is 11.0. The highest BCUT2D eigenvalue weighted by Gasteiger charge is 2.29. The van der Waals surface area contributed by atoms with Crippen molar-refractivity contribution >= 4 is 0 Å². The van der Waals surface area contributed by atoms with Crippen LogP contribution in [0.5, 0.6) is 0 Å². The second kappa shape index (κ2) is 6.02. The molecule has 2 atom stereocenters. The molecule has 0 bridgehead atoms.